The van der Waals surface area contributed by atoms with Gasteiger partial charge in [0, 0.05) is 6.20 Å². The Labute approximate surface area is 90.5 Å². The minimum Gasteiger partial charge on any atom is -0.383 e. The molecule has 3 heteroatoms. The predicted molar refractivity (Wildman–Crippen MR) is 61.4 cm³/mol. The van der Waals surface area contributed by atoms with E-state index in [9.17, 15) is 0 Å². The summed E-state index contributed by atoms with van der Waals surface area (Å²) in [5.41, 5.74) is 6.85. The highest BCUT2D eigenvalue weighted by atomic mass is 35.5. The molecule has 2 N–H and O–H groups in total. The predicted octanol–water partition coefficient (Wildman–Crippen LogP) is 3.30. The van der Waals surface area contributed by atoms with Crippen molar-refractivity contribution < 1.29 is 0 Å². The fraction of sp³-hybridized carbons (Fsp3) is 0.545. The first kappa shape index (κ1) is 11.3. The minimum atomic E-state index is 0.612. The van der Waals surface area contributed by atoms with Gasteiger partial charge in [0.05, 0.1) is 5.02 Å². The van der Waals surface area contributed by atoms with E-state index in [0.29, 0.717) is 16.8 Å². The summed E-state index contributed by atoms with van der Waals surface area (Å²) in [6.45, 7) is 4.39. The molecule has 1 heterocycles. The van der Waals surface area contributed by atoms with Crippen LogP contribution in [0.2, 0.25) is 5.02 Å². The zero-order valence-corrected chi connectivity index (χ0v) is 9.51. The number of anilines is 1. The number of rotatable bonds is 4. The largest absolute Gasteiger partial charge is 0.383 e. The lowest BCUT2D eigenvalue weighted by Crippen LogP contribution is -2.05. The van der Waals surface area contributed by atoms with Gasteiger partial charge in [-0.05, 0) is 24.0 Å². The number of hydrogen-bond acceptors (Lipinski definition) is 2. The summed E-state index contributed by atoms with van der Waals surface area (Å²) in [6.07, 6.45) is 4.91. The van der Waals surface area contributed by atoms with E-state index in [1.807, 2.05) is 6.07 Å². The van der Waals surface area contributed by atoms with Crippen LogP contribution in [-0.2, 0) is 6.42 Å². The molecule has 0 aromatic carbocycles. The van der Waals surface area contributed by atoms with Gasteiger partial charge in [-0.2, -0.15) is 0 Å². The first-order chi connectivity index (χ1) is 6.67. The first-order valence-corrected chi connectivity index (χ1v) is 5.45. The third-order valence-corrected chi connectivity index (χ3v) is 2.84. The van der Waals surface area contributed by atoms with E-state index in [1.165, 1.54) is 12.8 Å². The lowest BCUT2D eigenvalue weighted by molar-refractivity contribution is 0.490. The second kappa shape index (κ2) is 5.20. The van der Waals surface area contributed by atoms with Crippen molar-refractivity contribution in [1.29, 1.82) is 0 Å². The van der Waals surface area contributed by atoms with Crippen LogP contribution < -0.4 is 5.73 Å². The van der Waals surface area contributed by atoms with Crippen LogP contribution in [0.25, 0.3) is 0 Å². The van der Waals surface area contributed by atoms with Crippen LogP contribution in [0.4, 0.5) is 5.82 Å². The highest BCUT2D eigenvalue weighted by molar-refractivity contribution is 6.30. The lowest BCUT2D eigenvalue weighted by Gasteiger charge is -2.13. The highest BCUT2D eigenvalue weighted by Crippen LogP contribution is 2.21. The van der Waals surface area contributed by atoms with Crippen molar-refractivity contribution in [3.05, 3.63) is 22.8 Å². The average Bonchev–Trinajstić information content (AvgIpc) is 2.19. The number of nitrogen functional groups attached to an aromatic ring is 1. The minimum absolute atomic E-state index is 0.612. The van der Waals surface area contributed by atoms with Crippen molar-refractivity contribution >= 4 is 17.4 Å². The third-order valence-electron chi connectivity index (χ3n) is 2.63. The summed E-state index contributed by atoms with van der Waals surface area (Å²) < 4.78 is 0. The lowest BCUT2D eigenvalue weighted by atomic mass is 9.95. The molecule has 0 bridgehead atoms. The molecule has 0 spiro atoms. The number of hydrogen-bond donors (Lipinski definition) is 1. The molecule has 2 nitrogen and oxygen atoms in total. The van der Waals surface area contributed by atoms with Crippen molar-refractivity contribution in [3.8, 4) is 0 Å². The van der Waals surface area contributed by atoms with Crippen molar-refractivity contribution in [3.63, 3.8) is 0 Å². The van der Waals surface area contributed by atoms with Crippen LogP contribution in [-0.4, -0.2) is 4.98 Å². The van der Waals surface area contributed by atoms with Gasteiger partial charge >= 0.3 is 0 Å². The van der Waals surface area contributed by atoms with Crippen LogP contribution in [0.1, 0.15) is 32.3 Å². The van der Waals surface area contributed by atoms with E-state index in [1.54, 1.807) is 6.20 Å². The number of halogens is 1. The summed E-state index contributed by atoms with van der Waals surface area (Å²) in [6, 6.07) is 1.92. The number of pyridine rings is 1. The van der Waals surface area contributed by atoms with Crippen LogP contribution in [0.3, 0.4) is 0 Å². The SMILES string of the molecule is CCC(CC)Cc1cc(Cl)cnc1N. The second-order valence-corrected chi connectivity index (χ2v) is 4.02. The maximum atomic E-state index is 5.87. The Morgan fingerprint density at radius 1 is 1.43 bits per heavy atom. The quantitative estimate of drug-likeness (QED) is 0.832. The summed E-state index contributed by atoms with van der Waals surface area (Å²) in [5.74, 6) is 1.29. The molecule has 1 rings (SSSR count). The van der Waals surface area contributed by atoms with Crippen molar-refractivity contribution in [2.45, 2.75) is 33.1 Å². The van der Waals surface area contributed by atoms with Crippen LogP contribution >= 0.6 is 11.6 Å². The maximum Gasteiger partial charge on any atom is 0.126 e. The molecule has 0 radical (unpaired) electrons. The Balaban J connectivity index is 2.79. The molecule has 0 aliphatic carbocycles. The topological polar surface area (TPSA) is 38.9 Å². The molecular weight excluding hydrogens is 196 g/mol. The van der Waals surface area contributed by atoms with Crippen LogP contribution in [0.15, 0.2) is 12.3 Å². The Morgan fingerprint density at radius 2 is 2.07 bits per heavy atom. The van der Waals surface area contributed by atoms with E-state index in [2.05, 4.69) is 18.8 Å². The molecule has 0 fully saturated rings. The van der Waals surface area contributed by atoms with E-state index < -0.39 is 0 Å². The molecule has 0 saturated carbocycles. The van der Waals surface area contributed by atoms with Gasteiger partial charge in [0.25, 0.3) is 0 Å². The number of aromatic nitrogens is 1. The molecule has 1 aromatic heterocycles. The molecule has 0 atom stereocenters. The fourth-order valence-electron chi connectivity index (χ4n) is 1.54. The Kier molecular flexibility index (Phi) is 4.21. The molecule has 1 aromatic rings. The van der Waals surface area contributed by atoms with Crippen LogP contribution in [0.5, 0.6) is 0 Å². The van der Waals surface area contributed by atoms with E-state index >= 15 is 0 Å². The average molecular weight is 213 g/mol. The van der Waals surface area contributed by atoms with Gasteiger partial charge in [0.15, 0.2) is 0 Å². The zero-order chi connectivity index (χ0) is 10.6. The van der Waals surface area contributed by atoms with Gasteiger partial charge < -0.3 is 5.73 Å². The number of nitrogens with zero attached hydrogens (tertiary/aromatic N) is 1. The van der Waals surface area contributed by atoms with E-state index in [4.69, 9.17) is 17.3 Å². The summed E-state index contributed by atoms with van der Waals surface area (Å²) >= 11 is 5.87. The summed E-state index contributed by atoms with van der Waals surface area (Å²) in [4.78, 5) is 4.05. The Morgan fingerprint density at radius 3 is 2.64 bits per heavy atom. The maximum absolute atomic E-state index is 5.87. The normalized spacial score (nSPS) is 10.9. The van der Waals surface area contributed by atoms with Crippen LogP contribution in [0, 0.1) is 5.92 Å². The van der Waals surface area contributed by atoms with Gasteiger partial charge in [-0.3, -0.25) is 0 Å². The molecular formula is C11H17ClN2. The standard InChI is InChI=1S/C11H17ClN2/c1-3-8(4-2)5-9-6-10(12)7-14-11(9)13/h6-8H,3-5H2,1-2H3,(H2,13,14). The van der Waals surface area contributed by atoms with E-state index in [-0.39, 0.29) is 0 Å². The molecule has 0 amide bonds. The molecule has 14 heavy (non-hydrogen) atoms. The number of nitrogens with two attached hydrogens (primary N) is 1. The summed E-state index contributed by atoms with van der Waals surface area (Å²) in [7, 11) is 0. The van der Waals surface area contributed by atoms with E-state index in [0.717, 1.165) is 12.0 Å². The van der Waals surface area contributed by atoms with Gasteiger partial charge in [-0.25, -0.2) is 4.98 Å². The smallest absolute Gasteiger partial charge is 0.126 e. The van der Waals surface area contributed by atoms with Crippen molar-refractivity contribution in [2.24, 2.45) is 5.92 Å². The van der Waals surface area contributed by atoms with Gasteiger partial charge in [0.2, 0.25) is 0 Å². The molecule has 0 aliphatic heterocycles. The monoisotopic (exact) mass is 212 g/mol. The van der Waals surface area contributed by atoms with Gasteiger partial charge in [-0.1, -0.05) is 38.3 Å². The summed E-state index contributed by atoms with van der Waals surface area (Å²) in [5, 5.41) is 0.667. The zero-order valence-electron chi connectivity index (χ0n) is 8.76. The van der Waals surface area contributed by atoms with Gasteiger partial charge in [-0.15, -0.1) is 0 Å². The molecule has 78 valence electrons. The second-order valence-electron chi connectivity index (χ2n) is 3.58. The Bertz CT molecular complexity index is 295. The van der Waals surface area contributed by atoms with Crippen molar-refractivity contribution in [2.75, 3.05) is 5.73 Å². The molecule has 0 aliphatic rings. The van der Waals surface area contributed by atoms with Crippen molar-refractivity contribution in [1.82, 2.24) is 4.98 Å². The molecule has 0 unspecified atom stereocenters. The highest BCUT2D eigenvalue weighted by Gasteiger charge is 2.08. The third kappa shape index (κ3) is 2.88. The van der Waals surface area contributed by atoms with Gasteiger partial charge in [0.1, 0.15) is 5.82 Å². The molecule has 0 saturated heterocycles. The first-order valence-electron chi connectivity index (χ1n) is 5.07. The fourth-order valence-corrected chi connectivity index (χ4v) is 1.72. The Hall–Kier alpha value is -0.760.